The topological polar surface area (TPSA) is 97.9 Å². The third kappa shape index (κ3) is 5.01. The molecule has 2 amide bonds. The van der Waals surface area contributed by atoms with Crippen LogP contribution < -0.4 is 15.0 Å². The monoisotopic (exact) mass is 448 g/mol. The molecule has 2 aromatic carbocycles. The second-order valence-corrected chi connectivity index (χ2v) is 7.85. The first kappa shape index (κ1) is 22.4. The van der Waals surface area contributed by atoms with E-state index in [4.69, 9.17) is 4.74 Å². The van der Waals surface area contributed by atoms with Crippen molar-refractivity contribution in [2.75, 3.05) is 44.8 Å². The summed E-state index contributed by atoms with van der Waals surface area (Å²) >= 11 is 0. The molecule has 8 nitrogen and oxygen atoms in total. The fraction of sp³-hybridized carbons (Fsp3) is 0.280. The first-order valence-electron chi connectivity index (χ1n) is 10.9. The molecule has 3 aromatic rings. The molecule has 1 unspecified atom stereocenters. The van der Waals surface area contributed by atoms with Crippen LogP contribution in [0, 0.1) is 0 Å². The SMILES string of the molecule is COc1ccccc1N1CCN(C(=O)C(CO)NC(=O)C=Cc2c[nH]c3ccccc23)CC1. The molecule has 1 fully saturated rings. The van der Waals surface area contributed by atoms with Crippen LogP contribution in [0.4, 0.5) is 5.69 Å². The van der Waals surface area contributed by atoms with Gasteiger partial charge in [0.2, 0.25) is 11.8 Å². The van der Waals surface area contributed by atoms with E-state index in [2.05, 4.69) is 15.2 Å². The molecule has 4 rings (SSSR count). The van der Waals surface area contributed by atoms with Gasteiger partial charge in [-0.15, -0.1) is 0 Å². The summed E-state index contributed by atoms with van der Waals surface area (Å²) in [5.41, 5.74) is 2.84. The standard InChI is InChI=1S/C25H28N4O4/c1-33-23-9-5-4-8-22(23)28-12-14-29(15-13-28)25(32)21(17-30)27-24(31)11-10-18-16-26-20-7-3-2-6-19(18)20/h2-11,16,21,26,30H,12-15,17H2,1H3,(H,27,31). The molecule has 0 saturated carbocycles. The highest BCUT2D eigenvalue weighted by molar-refractivity contribution is 5.98. The Balaban J connectivity index is 1.34. The quantitative estimate of drug-likeness (QED) is 0.481. The molecular formula is C25H28N4O4. The minimum Gasteiger partial charge on any atom is -0.495 e. The van der Waals surface area contributed by atoms with Gasteiger partial charge in [0, 0.05) is 49.4 Å². The van der Waals surface area contributed by atoms with Crippen molar-refractivity contribution in [2.45, 2.75) is 6.04 Å². The minimum absolute atomic E-state index is 0.286. The van der Waals surface area contributed by atoms with E-state index >= 15 is 0 Å². The van der Waals surface area contributed by atoms with Crippen LogP contribution in [0.25, 0.3) is 17.0 Å². The van der Waals surface area contributed by atoms with Crippen molar-refractivity contribution in [1.29, 1.82) is 0 Å². The lowest BCUT2D eigenvalue weighted by atomic mass is 10.1. The number of ether oxygens (including phenoxy) is 1. The molecule has 1 aromatic heterocycles. The van der Waals surface area contributed by atoms with Crippen molar-refractivity contribution >= 4 is 34.5 Å². The summed E-state index contributed by atoms with van der Waals surface area (Å²) in [7, 11) is 1.64. The van der Waals surface area contributed by atoms with Gasteiger partial charge in [0.25, 0.3) is 0 Å². The van der Waals surface area contributed by atoms with Crippen LogP contribution in [0.3, 0.4) is 0 Å². The van der Waals surface area contributed by atoms with Gasteiger partial charge in [-0.1, -0.05) is 30.3 Å². The van der Waals surface area contributed by atoms with E-state index < -0.39 is 18.6 Å². The Hall–Kier alpha value is -3.78. The van der Waals surface area contributed by atoms with Gasteiger partial charge in [-0.05, 0) is 29.8 Å². The number of benzene rings is 2. The number of carbonyl (C=O) groups excluding carboxylic acids is 2. The number of aromatic amines is 1. The molecule has 33 heavy (non-hydrogen) atoms. The number of hydrogen-bond acceptors (Lipinski definition) is 5. The molecule has 2 heterocycles. The van der Waals surface area contributed by atoms with Crippen LogP contribution in [0.15, 0.2) is 60.8 Å². The lowest BCUT2D eigenvalue weighted by Gasteiger charge is -2.37. The second kappa shape index (κ2) is 10.2. The van der Waals surface area contributed by atoms with Gasteiger partial charge in [-0.25, -0.2) is 0 Å². The van der Waals surface area contributed by atoms with E-state index in [0.29, 0.717) is 26.2 Å². The van der Waals surface area contributed by atoms with E-state index in [1.165, 1.54) is 6.08 Å². The molecule has 8 heteroatoms. The minimum atomic E-state index is -0.983. The highest BCUT2D eigenvalue weighted by Gasteiger charge is 2.28. The van der Waals surface area contributed by atoms with E-state index in [9.17, 15) is 14.7 Å². The van der Waals surface area contributed by atoms with Gasteiger partial charge in [-0.3, -0.25) is 9.59 Å². The van der Waals surface area contributed by atoms with Crippen molar-refractivity contribution < 1.29 is 19.4 Å². The molecule has 0 spiro atoms. The van der Waals surface area contributed by atoms with Crippen LogP contribution in [0.1, 0.15) is 5.56 Å². The van der Waals surface area contributed by atoms with Crippen molar-refractivity contribution in [1.82, 2.24) is 15.2 Å². The Bertz CT molecular complexity index is 1150. The molecule has 0 aliphatic carbocycles. The van der Waals surface area contributed by atoms with E-state index in [1.54, 1.807) is 18.1 Å². The Morgan fingerprint density at radius 2 is 1.85 bits per heavy atom. The molecule has 1 saturated heterocycles. The van der Waals surface area contributed by atoms with Crippen molar-refractivity contribution in [3.05, 3.63) is 66.4 Å². The fourth-order valence-corrected chi connectivity index (χ4v) is 4.08. The van der Waals surface area contributed by atoms with Gasteiger partial charge >= 0.3 is 0 Å². The number of para-hydroxylation sites is 3. The first-order chi connectivity index (χ1) is 16.1. The Morgan fingerprint density at radius 3 is 2.61 bits per heavy atom. The van der Waals surface area contributed by atoms with E-state index in [0.717, 1.165) is 27.9 Å². The highest BCUT2D eigenvalue weighted by atomic mass is 16.5. The maximum Gasteiger partial charge on any atom is 0.247 e. The number of anilines is 1. The average molecular weight is 449 g/mol. The Morgan fingerprint density at radius 1 is 1.12 bits per heavy atom. The largest absolute Gasteiger partial charge is 0.495 e. The van der Waals surface area contributed by atoms with Gasteiger partial charge in [-0.2, -0.15) is 0 Å². The Labute approximate surface area is 192 Å². The predicted octanol–water partition coefficient (Wildman–Crippen LogP) is 2.02. The summed E-state index contributed by atoms with van der Waals surface area (Å²) in [4.78, 5) is 32.3. The third-order valence-corrected chi connectivity index (χ3v) is 5.85. The highest BCUT2D eigenvalue weighted by Crippen LogP contribution is 2.28. The fourth-order valence-electron chi connectivity index (χ4n) is 4.08. The van der Waals surface area contributed by atoms with E-state index in [1.807, 2.05) is 54.7 Å². The number of piperazine rings is 1. The number of methoxy groups -OCH3 is 1. The molecule has 0 radical (unpaired) electrons. The Kier molecular flexibility index (Phi) is 6.95. The van der Waals surface area contributed by atoms with Gasteiger partial charge in [0.15, 0.2) is 0 Å². The van der Waals surface area contributed by atoms with Crippen molar-refractivity contribution in [3.63, 3.8) is 0 Å². The van der Waals surface area contributed by atoms with Crippen molar-refractivity contribution in [2.24, 2.45) is 0 Å². The number of carbonyl (C=O) groups is 2. The summed E-state index contributed by atoms with van der Waals surface area (Å²) < 4.78 is 5.43. The molecular weight excluding hydrogens is 420 g/mol. The van der Waals surface area contributed by atoms with Crippen LogP contribution in [-0.2, 0) is 9.59 Å². The summed E-state index contributed by atoms with van der Waals surface area (Å²) in [5, 5.41) is 13.4. The average Bonchev–Trinajstić information content (AvgIpc) is 3.29. The lowest BCUT2D eigenvalue weighted by molar-refractivity contribution is -0.137. The number of rotatable bonds is 7. The maximum atomic E-state index is 12.9. The summed E-state index contributed by atoms with van der Waals surface area (Å²) in [5.74, 6) is 0.0751. The first-order valence-corrected chi connectivity index (χ1v) is 10.9. The third-order valence-electron chi connectivity index (χ3n) is 5.85. The van der Waals surface area contributed by atoms with Crippen molar-refractivity contribution in [3.8, 4) is 5.75 Å². The number of nitrogens with one attached hydrogen (secondary N) is 2. The lowest BCUT2D eigenvalue weighted by Crippen LogP contribution is -2.56. The zero-order valence-corrected chi connectivity index (χ0v) is 18.5. The van der Waals surface area contributed by atoms with Gasteiger partial charge in [0.1, 0.15) is 11.8 Å². The smallest absolute Gasteiger partial charge is 0.247 e. The molecule has 172 valence electrons. The second-order valence-electron chi connectivity index (χ2n) is 7.85. The summed E-state index contributed by atoms with van der Waals surface area (Å²) in [6, 6.07) is 14.6. The van der Waals surface area contributed by atoms with E-state index in [-0.39, 0.29) is 5.91 Å². The molecule has 1 aliphatic rings. The number of hydrogen-bond donors (Lipinski definition) is 3. The predicted molar refractivity (Wildman–Crippen MR) is 128 cm³/mol. The molecule has 0 bridgehead atoms. The summed E-state index contributed by atoms with van der Waals surface area (Å²) in [6.07, 6.45) is 4.90. The van der Waals surface area contributed by atoms with Gasteiger partial charge in [0.05, 0.1) is 19.4 Å². The normalized spacial score (nSPS) is 15.1. The zero-order valence-electron chi connectivity index (χ0n) is 18.5. The number of aromatic nitrogens is 1. The maximum absolute atomic E-state index is 12.9. The van der Waals surface area contributed by atoms with Crippen LogP contribution in [0.2, 0.25) is 0 Å². The summed E-state index contributed by atoms with van der Waals surface area (Å²) in [6.45, 7) is 1.80. The van der Waals surface area contributed by atoms with Gasteiger partial charge < -0.3 is 29.9 Å². The number of H-pyrrole nitrogens is 1. The molecule has 1 aliphatic heterocycles. The zero-order chi connectivity index (χ0) is 23.2. The number of aliphatic hydroxyl groups is 1. The molecule has 3 N–H and O–H groups in total. The van der Waals surface area contributed by atoms with Crippen LogP contribution in [0.5, 0.6) is 5.75 Å². The molecule has 1 atom stereocenters. The number of aliphatic hydroxyl groups excluding tert-OH is 1. The number of nitrogens with zero attached hydrogens (tertiary/aromatic N) is 2. The number of fused-ring (bicyclic) bond motifs is 1. The van der Waals surface area contributed by atoms with Crippen LogP contribution in [-0.4, -0.2) is 72.7 Å². The number of amides is 2. The van der Waals surface area contributed by atoms with Crippen LogP contribution >= 0.6 is 0 Å².